The van der Waals surface area contributed by atoms with Gasteiger partial charge < -0.3 is 4.90 Å². The van der Waals surface area contributed by atoms with Gasteiger partial charge in [-0.2, -0.15) is 0 Å². The van der Waals surface area contributed by atoms with Crippen LogP contribution in [-0.4, -0.2) is 4.61 Å². The van der Waals surface area contributed by atoms with Gasteiger partial charge in [-0.05, 0) is 38.1 Å². The molecule has 0 saturated carbocycles. The van der Waals surface area contributed by atoms with Crippen molar-refractivity contribution in [1.82, 2.24) is 0 Å². The van der Waals surface area contributed by atoms with E-state index >= 15 is 0 Å². The third kappa shape index (κ3) is 7.07. The normalized spacial score (nSPS) is 12.8. The molecule has 1 nitrogen and oxygen atoms in total. The third-order valence-electron chi connectivity index (χ3n) is 4.90. The van der Waals surface area contributed by atoms with Crippen LogP contribution in [0.4, 0.5) is 5.69 Å². The van der Waals surface area contributed by atoms with Crippen LogP contribution in [0.15, 0.2) is 79.0 Å². The molecule has 0 saturated heterocycles. The Hall–Kier alpha value is -1.86. The Balaban J connectivity index is 0.000000179. The van der Waals surface area contributed by atoms with Crippen molar-refractivity contribution in [2.75, 3.05) is 4.90 Å². The first kappa shape index (κ1) is 23.8. The van der Waals surface area contributed by atoms with Crippen molar-refractivity contribution in [3.8, 4) is 0 Å². The number of hydrogen-bond acceptors (Lipinski definition) is 1. The van der Waals surface area contributed by atoms with E-state index in [1.54, 1.807) is 0 Å². The number of aryl methyl sites for hydroxylation is 3. The van der Waals surface area contributed by atoms with Gasteiger partial charge in [0, 0.05) is 5.69 Å². The summed E-state index contributed by atoms with van der Waals surface area (Å²) in [4.78, 5) is 2.23. The number of halogens is 2. The number of hydrogen-bond donors (Lipinski definition) is 0. The van der Waals surface area contributed by atoms with E-state index in [2.05, 4.69) is 81.2 Å². The first-order valence-electron chi connectivity index (χ1n) is 10.1. The molecule has 3 aromatic carbocycles. The van der Waals surface area contributed by atoms with Crippen LogP contribution in [0.3, 0.4) is 0 Å². The molecule has 1 aliphatic heterocycles. The Kier molecular flexibility index (Phi) is 8.96. The fourth-order valence-corrected chi connectivity index (χ4v) is 5.55. The van der Waals surface area contributed by atoms with Crippen molar-refractivity contribution in [3.63, 3.8) is 0 Å². The molecule has 0 spiro atoms. The molecule has 31 heavy (non-hydrogen) atoms. The second kappa shape index (κ2) is 11.7. The van der Waals surface area contributed by atoms with E-state index in [0.717, 1.165) is 17.5 Å². The van der Waals surface area contributed by atoms with Crippen LogP contribution in [0.2, 0.25) is 0 Å². The minimum atomic E-state index is -1.77. The summed E-state index contributed by atoms with van der Waals surface area (Å²) in [6, 6.07) is 22.8. The molecule has 0 bridgehead atoms. The van der Waals surface area contributed by atoms with Crippen LogP contribution in [0.5, 0.6) is 0 Å². The van der Waals surface area contributed by atoms with Crippen LogP contribution >= 0.6 is 19.4 Å². The predicted octanol–water partition coefficient (Wildman–Crippen LogP) is 7.86. The van der Waals surface area contributed by atoms with E-state index in [4.69, 9.17) is 19.4 Å². The zero-order valence-electron chi connectivity index (χ0n) is 18.0. The Labute approximate surface area is 199 Å². The van der Waals surface area contributed by atoms with Gasteiger partial charge >= 0.3 is 115 Å². The Bertz CT molecular complexity index is 1050. The topological polar surface area (TPSA) is 3.24 Å². The van der Waals surface area contributed by atoms with Gasteiger partial charge in [0.15, 0.2) is 0 Å². The summed E-state index contributed by atoms with van der Waals surface area (Å²) in [6.07, 6.45) is 7.51. The molecule has 1 aliphatic rings. The van der Waals surface area contributed by atoms with Gasteiger partial charge in [-0.3, -0.25) is 0 Å². The fraction of sp³-hybridized carbons (Fsp3) is 0.148. The van der Waals surface area contributed by atoms with Crippen molar-refractivity contribution in [2.24, 2.45) is 0 Å². The second-order valence-electron chi connectivity index (χ2n) is 7.45. The van der Waals surface area contributed by atoms with Crippen molar-refractivity contribution in [1.29, 1.82) is 0 Å². The fourth-order valence-electron chi connectivity index (χ4n) is 3.70. The van der Waals surface area contributed by atoms with Crippen molar-refractivity contribution in [3.05, 3.63) is 125 Å². The summed E-state index contributed by atoms with van der Waals surface area (Å²) in [5.74, 6) is 0. The third-order valence-corrected chi connectivity index (χ3v) is 6.74. The van der Waals surface area contributed by atoms with Gasteiger partial charge in [-0.15, -0.1) is 6.42 Å². The van der Waals surface area contributed by atoms with E-state index in [1.165, 1.54) is 27.9 Å². The maximum absolute atomic E-state index is 5.93. The summed E-state index contributed by atoms with van der Waals surface area (Å²) in [6.45, 7) is 8.71. The van der Waals surface area contributed by atoms with Gasteiger partial charge in [0.2, 0.25) is 0 Å². The van der Waals surface area contributed by atoms with E-state index in [9.17, 15) is 0 Å². The molecular weight excluding hydrogens is 510 g/mol. The molecule has 0 fully saturated rings. The van der Waals surface area contributed by atoms with Gasteiger partial charge in [0.1, 0.15) is 0 Å². The summed E-state index contributed by atoms with van der Waals surface area (Å²) in [5, 5.41) is 0. The van der Waals surface area contributed by atoms with E-state index < -0.39 is 13.5 Å². The average molecular weight is 537 g/mol. The zero-order chi connectivity index (χ0) is 22.2. The number of anilines is 1. The van der Waals surface area contributed by atoms with Crippen molar-refractivity contribution in [2.45, 2.75) is 27.2 Å². The number of benzene rings is 3. The van der Waals surface area contributed by atoms with Crippen molar-refractivity contribution < 1.29 is 13.5 Å². The summed E-state index contributed by atoms with van der Waals surface area (Å²) in [7, 11) is 11.9. The standard InChI is InChI=1S/C14H11.C13H16N.2ClH.Ru/c1-12-7-5-6-10-14(12)11-13-8-3-2-4-9-13;1-10-8-11(2)13(12(3)9-10)14-6-4-5-7-14;;;/h1-11H;4,6-9H,5H2,1-3H3;2*1H;/q+1;-1;;;+2/p-2. The molecule has 162 valence electrons. The average Bonchev–Trinajstić information content (AvgIpc) is 3.24. The van der Waals surface area contributed by atoms with Gasteiger partial charge in [0.05, 0.1) is 0 Å². The molecule has 0 N–H and O–H groups in total. The Morgan fingerprint density at radius 3 is 2.19 bits per heavy atom. The second-order valence-corrected chi connectivity index (χ2v) is 13.2. The molecule has 4 rings (SSSR count). The molecule has 0 aliphatic carbocycles. The molecular formula is C27H27Cl2NRu. The summed E-state index contributed by atoms with van der Waals surface area (Å²) < 4.78 is 1.97. The molecule has 0 unspecified atom stereocenters. The molecule has 3 aromatic rings. The molecule has 0 atom stereocenters. The molecule has 0 amide bonds. The van der Waals surface area contributed by atoms with Gasteiger partial charge in [-0.25, -0.2) is 6.54 Å². The van der Waals surface area contributed by atoms with Crippen LogP contribution in [0.25, 0.3) is 0 Å². The maximum atomic E-state index is 5.93. The van der Waals surface area contributed by atoms with E-state index in [-0.39, 0.29) is 0 Å². The SMILES string of the molecule is Cc1cc(C)c(N2C=CC[CH-]2)c(C)c1.[Cl][Ru]([Cl])=[CH]c1ccccc1[CH+]c1ccccc1. The molecule has 0 radical (unpaired) electrons. The first-order chi connectivity index (χ1) is 14.9. The van der Waals surface area contributed by atoms with Gasteiger partial charge in [-0.1, -0.05) is 23.8 Å². The van der Waals surface area contributed by atoms with E-state index in [0.29, 0.717) is 0 Å². The summed E-state index contributed by atoms with van der Waals surface area (Å²) in [5.41, 5.74) is 8.82. The molecule has 1 heterocycles. The van der Waals surface area contributed by atoms with Crippen LogP contribution < -0.4 is 4.90 Å². The monoisotopic (exact) mass is 537 g/mol. The Morgan fingerprint density at radius 2 is 1.58 bits per heavy atom. The van der Waals surface area contributed by atoms with Gasteiger partial charge in [0.25, 0.3) is 0 Å². The van der Waals surface area contributed by atoms with Crippen LogP contribution in [0.1, 0.15) is 39.8 Å². The number of nitrogens with zero attached hydrogens (tertiary/aromatic N) is 1. The van der Waals surface area contributed by atoms with Crippen LogP contribution in [-0.2, 0) is 13.5 Å². The predicted molar refractivity (Wildman–Crippen MR) is 133 cm³/mol. The van der Waals surface area contributed by atoms with Crippen molar-refractivity contribution >= 4 is 29.7 Å². The quantitative estimate of drug-likeness (QED) is 0.242. The Morgan fingerprint density at radius 1 is 0.935 bits per heavy atom. The first-order valence-corrected chi connectivity index (χ1v) is 15.6. The zero-order valence-corrected chi connectivity index (χ0v) is 21.3. The minimum absolute atomic E-state index is 1.05. The van der Waals surface area contributed by atoms with E-state index in [1.807, 2.05) is 41.0 Å². The van der Waals surface area contributed by atoms with Crippen LogP contribution in [0, 0.1) is 33.7 Å². The summed E-state index contributed by atoms with van der Waals surface area (Å²) >= 11 is -1.77. The molecule has 0 aromatic heterocycles. The number of rotatable bonds is 4. The molecule has 4 heteroatoms.